The molecular weight excluding hydrogens is 84.1 g/mol. The molecule has 0 unspecified atom stereocenters. The van der Waals surface area contributed by atoms with E-state index >= 15 is 0 Å². The fourth-order valence-electron chi connectivity index (χ4n) is 0. The second-order valence-corrected chi connectivity index (χ2v) is 0. The van der Waals surface area contributed by atoms with Crippen molar-refractivity contribution in [1.82, 2.24) is 6.15 Å². The predicted molar refractivity (Wildman–Crippen MR) is 30.0 cm³/mol. The average Bonchev–Trinajstić information content (AvgIpc) is 1.50. The minimum absolute atomic E-state index is 0. The Morgan fingerprint density at radius 1 is 1.20 bits per heavy atom. The highest BCUT2D eigenvalue weighted by Crippen LogP contribution is 1.31. The lowest BCUT2D eigenvalue weighted by atomic mass is 11.6. The minimum Gasteiger partial charge on any atom is -0.344 e. The van der Waals surface area contributed by atoms with Crippen LogP contribution < -0.4 is 11.9 Å². The van der Waals surface area contributed by atoms with Crippen molar-refractivity contribution in [3.05, 3.63) is 0 Å². The molecule has 0 saturated heterocycles. The summed E-state index contributed by atoms with van der Waals surface area (Å²) >= 11 is 3.53. The van der Waals surface area contributed by atoms with Crippen molar-refractivity contribution in [2.45, 2.75) is 0 Å². The molecule has 2 nitrogen and oxygen atoms in total. The lowest BCUT2D eigenvalue weighted by Crippen LogP contribution is -1.69. The Morgan fingerprint density at radius 3 is 1.20 bits per heavy atom. The van der Waals surface area contributed by atoms with Crippen molar-refractivity contribution < 1.29 is 0 Å². The van der Waals surface area contributed by atoms with Crippen LogP contribution in [0.15, 0.2) is 0 Å². The minimum atomic E-state index is 0. The van der Waals surface area contributed by atoms with E-state index in [0.29, 0.717) is 0 Å². The molecule has 0 aliphatic rings. The van der Waals surface area contributed by atoms with Crippen molar-refractivity contribution >= 4 is 12.6 Å². The van der Waals surface area contributed by atoms with Crippen LogP contribution in [0.4, 0.5) is 0 Å². The van der Waals surface area contributed by atoms with Gasteiger partial charge in [0, 0.05) is 0 Å². The van der Waals surface area contributed by atoms with E-state index in [2.05, 4.69) is 18.4 Å². The van der Waals surface area contributed by atoms with Crippen LogP contribution in [0.2, 0.25) is 0 Å². The molecule has 0 rings (SSSR count). The van der Waals surface area contributed by atoms with Gasteiger partial charge in [-0.3, -0.25) is 0 Å². The van der Waals surface area contributed by atoms with Gasteiger partial charge < -0.3 is 11.9 Å². The zero-order valence-corrected chi connectivity index (χ0v) is 4.63. The Kier molecular flexibility index (Phi) is 2340. The van der Waals surface area contributed by atoms with Gasteiger partial charge in [0.25, 0.3) is 0 Å². The van der Waals surface area contributed by atoms with E-state index in [1.165, 1.54) is 7.05 Å². The lowest BCUT2D eigenvalue weighted by molar-refractivity contribution is 1.48. The molecule has 0 aromatic heterocycles. The zero-order chi connectivity index (χ0) is 4.00. The Balaban J connectivity index is -0.0000000133. The molecule has 0 spiro atoms. The summed E-state index contributed by atoms with van der Waals surface area (Å²) in [6.45, 7) is 0. The molecular formula is C2H12N2S. The first-order valence-electron chi connectivity index (χ1n) is 1.02. The quantitative estimate of drug-likeness (QED) is 0.379. The Labute approximate surface area is 38.7 Å². The molecule has 0 aliphatic carbocycles. The summed E-state index contributed by atoms with van der Waals surface area (Å²) in [6, 6.07) is 0. The number of nitrogens with two attached hydrogens (primary N) is 1. The van der Waals surface area contributed by atoms with Gasteiger partial charge in [-0.1, -0.05) is 0 Å². The number of rotatable bonds is 0. The normalized spacial score (nSPS) is 2.40. The van der Waals surface area contributed by atoms with Crippen LogP contribution in [0.25, 0.3) is 0 Å². The molecule has 5 N–H and O–H groups in total. The van der Waals surface area contributed by atoms with Crippen LogP contribution >= 0.6 is 12.6 Å². The maximum atomic E-state index is 4.50. The molecule has 0 aromatic carbocycles. The van der Waals surface area contributed by atoms with Crippen LogP contribution in [0.5, 0.6) is 0 Å². The van der Waals surface area contributed by atoms with Crippen LogP contribution in [-0.2, 0) is 0 Å². The highest BCUT2D eigenvalue weighted by atomic mass is 32.1. The van der Waals surface area contributed by atoms with Crippen molar-refractivity contribution in [3.8, 4) is 0 Å². The SMILES string of the molecule is CN.CS.N. The van der Waals surface area contributed by atoms with E-state index in [0.717, 1.165) is 0 Å². The third-order valence-electron chi connectivity index (χ3n) is 0. The molecule has 0 bridgehead atoms. The fraction of sp³-hybridized carbons (Fsp3) is 1.00. The summed E-state index contributed by atoms with van der Waals surface area (Å²) in [5.74, 6) is 0. The zero-order valence-electron chi connectivity index (χ0n) is 3.73. The van der Waals surface area contributed by atoms with Gasteiger partial charge in [-0.25, -0.2) is 0 Å². The summed E-state index contributed by atoms with van der Waals surface area (Å²) in [6.07, 6.45) is 1.69. The summed E-state index contributed by atoms with van der Waals surface area (Å²) in [4.78, 5) is 0. The maximum Gasteiger partial charge on any atom is -0.0195 e. The summed E-state index contributed by atoms with van der Waals surface area (Å²) < 4.78 is 0. The molecule has 0 heterocycles. The molecule has 0 saturated carbocycles. The predicted octanol–water partition coefficient (Wildman–Crippen LogP) is 0.283. The van der Waals surface area contributed by atoms with E-state index in [-0.39, 0.29) is 6.15 Å². The molecule has 0 amide bonds. The molecule has 0 aromatic rings. The van der Waals surface area contributed by atoms with Crippen molar-refractivity contribution in [2.24, 2.45) is 5.73 Å². The van der Waals surface area contributed by atoms with Gasteiger partial charge in [0.2, 0.25) is 0 Å². The molecule has 36 valence electrons. The Bertz CT molecular complexity index is 7.61. The van der Waals surface area contributed by atoms with Gasteiger partial charge in [-0.15, -0.1) is 0 Å². The number of hydrogen-bond donors (Lipinski definition) is 3. The van der Waals surface area contributed by atoms with E-state index in [1.807, 2.05) is 0 Å². The molecule has 0 fully saturated rings. The monoisotopic (exact) mass is 96.1 g/mol. The fourth-order valence-corrected chi connectivity index (χ4v) is 0. The van der Waals surface area contributed by atoms with Crippen LogP contribution in [0.3, 0.4) is 0 Å². The van der Waals surface area contributed by atoms with E-state index in [4.69, 9.17) is 0 Å². The third-order valence-corrected chi connectivity index (χ3v) is 0. The molecule has 0 aliphatic heterocycles. The van der Waals surface area contributed by atoms with Gasteiger partial charge >= 0.3 is 0 Å². The highest BCUT2D eigenvalue weighted by Gasteiger charge is 0.901. The van der Waals surface area contributed by atoms with Crippen molar-refractivity contribution in [1.29, 1.82) is 0 Å². The van der Waals surface area contributed by atoms with Gasteiger partial charge in [0.05, 0.1) is 0 Å². The average molecular weight is 96.2 g/mol. The number of hydrogen-bond acceptors (Lipinski definition) is 3. The maximum absolute atomic E-state index is 4.50. The largest absolute Gasteiger partial charge is 0.344 e. The van der Waals surface area contributed by atoms with E-state index in [9.17, 15) is 0 Å². The molecule has 0 atom stereocenters. The first-order valence-corrected chi connectivity index (χ1v) is 1.92. The summed E-state index contributed by atoms with van der Waals surface area (Å²) in [7, 11) is 1.50. The van der Waals surface area contributed by atoms with Crippen molar-refractivity contribution in [2.75, 3.05) is 13.3 Å². The second kappa shape index (κ2) is 626. The van der Waals surface area contributed by atoms with E-state index in [1.54, 1.807) is 6.26 Å². The van der Waals surface area contributed by atoms with Crippen LogP contribution in [-0.4, -0.2) is 13.3 Å². The third kappa shape index (κ3) is 302. The van der Waals surface area contributed by atoms with Crippen LogP contribution in [0.1, 0.15) is 0 Å². The van der Waals surface area contributed by atoms with Crippen LogP contribution in [0, 0.1) is 0 Å². The van der Waals surface area contributed by atoms with Crippen molar-refractivity contribution in [3.63, 3.8) is 0 Å². The molecule has 0 radical (unpaired) electrons. The Hall–Kier alpha value is 0.270. The van der Waals surface area contributed by atoms with Gasteiger partial charge in [0.1, 0.15) is 0 Å². The van der Waals surface area contributed by atoms with Gasteiger partial charge in [-0.2, -0.15) is 12.6 Å². The Morgan fingerprint density at radius 2 is 1.20 bits per heavy atom. The van der Waals surface area contributed by atoms with Gasteiger partial charge in [-0.05, 0) is 13.3 Å². The lowest BCUT2D eigenvalue weighted by Gasteiger charge is -1.19. The second-order valence-electron chi connectivity index (χ2n) is 0. The van der Waals surface area contributed by atoms with Gasteiger partial charge in [0.15, 0.2) is 0 Å². The summed E-state index contributed by atoms with van der Waals surface area (Å²) in [5.41, 5.74) is 4.50. The number of thiol groups is 1. The first-order chi connectivity index (χ1) is 2.00. The molecule has 5 heavy (non-hydrogen) atoms. The topological polar surface area (TPSA) is 61.0 Å². The highest BCUT2D eigenvalue weighted by molar-refractivity contribution is 7.79. The standard InChI is InChI=1S/CH5N.CH4S.H3N/c2*1-2;/h2H2,1H3;2H,1H3;1H3. The smallest absolute Gasteiger partial charge is 0.0195 e. The van der Waals surface area contributed by atoms with E-state index < -0.39 is 0 Å². The molecule has 3 heteroatoms. The first kappa shape index (κ1) is 18.6. The summed E-state index contributed by atoms with van der Waals surface area (Å²) in [5, 5.41) is 0.